The molecule has 0 bridgehead atoms. The average molecular weight is 1680 g/mol. The minimum absolute atomic E-state index is 0.110. The second-order valence-corrected chi connectivity index (χ2v) is 37.8. The van der Waals surface area contributed by atoms with Crippen molar-refractivity contribution in [3.05, 3.63) is 0 Å². The summed E-state index contributed by atoms with van der Waals surface area (Å²) in [5.74, 6) is -1.26. The maximum atomic E-state index is 13.2. The lowest BCUT2D eigenvalue weighted by atomic mass is 10.0. The molecule has 0 aromatic carbocycles. The monoisotopic (exact) mass is 1680 g/mol. The van der Waals surface area contributed by atoms with Crippen molar-refractivity contribution in [2.75, 3.05) is 39.6 Å². The van der Waals surface area contributed by atoms with E-state index in [4.69, 9.17) is 37.0 Å². The predicted octanol–water partition coefficient (Wildman–Crippen LogP) is 30.3. The highest BCUT2D eigenvalue weighted by Gasteiger charge is 2.31. The maximum absolute atomic E-state index is 13.2. The minimum atomic E-state index is -4.97. The molecule has 0 aliphatic carbocycles. The van der Waals surface area contributed by atoms with E-state index >= 15 is 0 Å². The Morgan fingerprint density at radius 1 is 0.235 bits per heavy atom. The fourth-order valence-corrected chi connectivity index (χ4v) is 16.8. The third kappa shape index (κ3) is 89.6. The molecule has 0 saturated heterocycles. The molecule has 17 nitrogen and oxygen atoms in total. The molecule has 0 amide bonds. The van der Waals surface area contributed by atoms with Gasteiger partial charge >= 0.3 is 39.5 Å². The lowest BCUT2D eigenvalue weighted by Gasteiger charge is -2.21. The molecule has 684 valence electrons. The molecule has 0 aromatic rings. The zero-order valence-electron chi connectivity index (χ0n) is 76.0. The summed E-state index contributed by atoms with van der Waals surface area (Å²) in [4.78, 5) is 73.6. The molecule has 0 aromatic heterocycles. The van der Waals surface area contributed by atoms with E-state index in [1.807, 2.05) is 0 Å². The van der Waals surface area contributed by atoms with E-state index in [0.717, 1.165) is 95.8 Å². The van der Waals surface area contributed by atoms with E-state index < -0.39 is 97.5 Å². The first kappa shape index (κ1) is 113. The Balaban J connectivity index is 5.23. The van der Waals surface area contributed by atoms with Crippen LogP contribution in [0, 0.1) is 5.92 Å². The van der Waals surface area contributed by atoms with Crippen LogP contribution in [0.15, 0.2) is 0 Å². The molecular formula is C96H188O17P2. The molecule has 115 heavy (non-hydrogen) atoms. The molecular weight excluding hydrogens is 1490 g/mol. The van der Waals surface area contributed by atoms with E-state index in [9.17, 15) is 43.2 Å². The molecule has 0 aliphatic heterocycles. The number of carbonyl (C=O) groups is 4. The maximum Gasteiger partial charge on any atom is 0.472 e. The lowest BCUT2D eigenvalue weighted by molar-refractivity contribution is -0.161. The van der Waals surface area contributed by atoms with E-state index in [-0.39, 0.29) is 25.7 Å². The van der Waals surface area contributed by atoms with E-state index in [2.05, 4.69) is 34.6 Å². The number of hydrogen-bond acceptors (Lipinski definition) is 15. The van der Waals surface area contributed by atoms with Gasteiger partial charge in [0.25, 0.3) is 0 Å². The summed E-state index contributed by atoms with van der Waals surface area (Å²) in [5.41, 5.74) is 0. The van der Waals surface area contributed by atoms with Crippen LogP contribution in [0.3, 0.4) is 0 Å². The second-order valence-electron chi connectivity index (χ2n) is 34.9. The SMILES string of the molecule is CCCCCCCCCCCCCCCCCCCCCCCCC(=O)O[C@H](COC(=O)CCCCCCCCCCCCCCCCCCCCC(C)C)COP(=O)(O)OC[C@@H](O)COP(=O)(O)OC[C@@H](COC(=O)CCCCCCCCCCCCCC)OC(=O)CCCCCCCCCCCCCCCCCCCCCC. The Labute approximate surface area is 708 Å². The van der Waals surface area contributed by atoms with Gasteiger partial charge in [0.2, 0.25) is 0 Å². The van der Waals surface area contributed by atoms with Crippen molar-refractivity contribution in [1.29, 1.82) is 0 Å². The highest BCUT2D eigenvalue weighted by molar-refractivity contribution is 7.47. The second kappa shape index (κ2) is 88.4. The summed E-state index contributed by atoms with van der Waals surface area (Å²) >= 11 is 0. The molecule has 5 atom stereocenters. The van der Waals surface area contributed by atoms with E-state index in [0.29, 0.717) is 25.7 Å². The first-order valence-corrected chi connectivity index (χ1v) is 52.6. The Bertz CT molecular complexity index is 2170. The summed E-state index contributed by atoms with van der Waals surface area (Å²) in [6, 6.07) is 0. The summed E-state index contributed by atoms with van der Waals surface area (Å²) in [6.45, 7) is 7.46. The Morgan fingerprint density at radius 3 is 0.591 bits per heavy atom. The van der Waals surface area contributed by atoms with Gasteiger partial charge < -0.3 is 33.8 Å². The van der Waals surface area contributed by atoms with Crippen LogP contribution in [-0.2, 0) is 65.4 Å². The number of aliphatic hydroxyl groups excluding tert-OH is 1. The normalized spacial score (nSPS) is 13.6. The quantitative estimate of drug-likeness (QED) is 0.0222. The molecule has 0 heterocycles. The molecule has 3 N–H and O–H groups in total. The molecule has 2 unspecified atom stereocenters. The van der Waals surface area contributed by atoms with Crippen LogP contribution < -0.4 is 0 Å². The molecule has 0 radical (unpaired) electrons. The van der Waals surface area contributed by atoms with Crippen LogP contribution in [0.4, 0.5) is 0 Å². The Morgan fingerprint density at radius 2 is 0.400 bits per heavy atom. The van der Waals surface area contributed by atoms with Crippen LogP contribution in [0.5, 0.6) is 0 Å². The smallest absolute Gasteiger partial charge is 0.462 e. The number of carbonyl (C=O) groups excluding carboxylic acids is 4. The number of ether oxygens (including phenoxy) is 4. The molecule has 0 fully saturated rings. The van der Waals surface area contributed by atoms with Crippen molar-refractivity contribution in [2.45, 2.75) is 547 Å². The van der Waals surface area contributed by atoms with Crippen molar-refractivity contribution in [1.82, 2.24) is 0 Å². The van der Waals surface area contributed by atoms with Gasteiger partial charge in [0, 0.05) is 25.7 Å². The van der Waals surface area contributed by atoms with Gasteiger partial charge in [-0.3, -0.25) is 37.3 Å². The fraction of sp³-hybridized carbons (Fsp3) is 0.958. The number of esters is 4. The molecule has 19 heteroatoms. The van der Waals surface area contributed by atoms with Crippen LogP contribution in [0.25, 0.3) is 0 Å². The van der Waals surface area contributed by atoms with Gasteiger partial charge in [0.1, 0.15) is 19.3 Å². The number of unbranched alkanes of at least 4 members (excludes halogenated alkanes) is 68. The topological polar surface area (TPSA) is 237 Å². The zero-order chi connectivity index (χ0) is 84.0. The van der Waals surface area contributed by atoms with Gasteiger partial charge in [-0.25, -0.2) is 9.13 Å². The first-order valence-electron chi connectivity index (χ1n) is 49.6. The number of hydrogen-bond donors (Lipinski definition) is 3. The van der Waals surface area contributed by atoms with Gasteiger partial charge in [-0.15, -0.1) is 0 Å². The van der Waals surface area contributed by atoms with E-state index in [1.165, 1.54) is 353 Å². The zero-order valence-corrected chi connectivity index (χ0v) is 77.7. The third-order valence-corrected chi connectivity index (χ3v) is 24.7. The summed E-state index contributed by atoms with van der Waals surface area (Å²) in [7, 11) is -9.94. The van der Waals surface area contributed by atoms with Crippen molar-refractivity contribution in [2.24, 2.45) is 5.92 Å². The van der Waals surface area contributed by atoms with Gasteiger partial charge in [-0.1, -0.05) is 478 Å². The number of aliphatic hydroxyl groups is 1. The lowest BCUT2D eigenvalue weighted by Crippen LogP contribution is -2.30. The molecule has 0 rings (SSSR count). The van der Waals surface area contributed by atoms with Crippen molar-refractivity contribution in [3.63, 3.8) is 0 Å². The fourth-order valence-electron chi connectivity index (χ4n) is 15.2. The van der Waals surface area contributed by atoms with Crippen LogP contribution in [0.1, 0.15) is 529 Å². The van der Waals surface area contributed by atoms with Crippen molar-refractivity contribution < 1.29 is 80.2 Å². The highest BCUT2D eigenvalue weighted by atomic mass is 31.2. The van der Waals surface area contributed by atoms with Crippen LogP contribution >= 0.6 is 15.6 Å². The van der Waals surface area contributed by atoms with Gasteiger partial charge in [-0.05, 0) is 31.6 Å². The number of phosphoric ester groups is 2. The van der Waals surface area contributed by atoms with Crippen molar-refractivity contribution >= 4 is 39.5 Å². The Kier molecular flexibility index (Phi) is 86.9. The summed E-state index contributed by atoms with van der Waals surface area (Å²) in [5, 5.41) is 10.7. The van der Waals surface area contributed by atoms with Crippen molar-refractivity contribution in [3.8, 4) is 0 Å². The first-order chi connectivity index (χ1) is 56.0. The Hall–Kier alpha value is -1.94. The van der Waals surface area contributed by atoms with Crippen LogP contribution in [0.2, 0.25) is 0 Å². The third-order valence-electron chi connectivity index (χ3n) is 22.8. The highest BCUT2D eigenvalue weighted by Crippen LogP contribution is 2.45. The number of phosphoric acid groups is 2. The van der Waals surface area contributed by atoms with Gasteiger partial charge in [0.05, 0.1) is 26.4 Å². The molecule has 0 spiro atoms. The van der Waals surface area contributed by atoms with Crippen LogP contribution in [-0.4, -0.2) is 96.7 Å². The standard InChI is InChI=1S/C96H188O17P2/c1-6-9-12-15-18-21-24-27-29-31-33-35-36-38-44-48-52-57-62-67-72-77-82-96(101)113-92(86-107-94(99)80-75-70-65-60-55-50-46-42-40-39-41-45-49-53-58-63-68-73-78-89(4)5)88-111-115(104,105)109-84-90(97)83-108-114(102,103)110-87-91(85-106-93(98)79-74-69-64-59-54-26-23-20-17-14-11-8-3)112-95(100)81-76-71-66-61-56-51-47-43-37-34-32-30-28-25-22-19-16-13-10-7-2/h89-92,97H,6-88H2,1-5H3,(H,102,103)(H,104,105)/t90-,91+,92+/m0/s1. The predicted molar refractivity (Wildman–Crippen MR) is 479 cm³/mol. The summed E-state index contributed by atoms with van der Waals surface area (Å²) < 4.78 is 69.2. The summed E-state index contributed by atoms with van der Waals surface area (Å²) in [6.07, 6.45) is 86.3. The molecule has 0 saturated carbocycles. The number of rotatable bonds is 96. The van der Waals surface area contributed by atoms with E-state index in [1.54, 1.807) is 0 Å². The average Bonchev–Trinajstić information content (AvgIpc) is 0.897. The van der Waals surface area contributed by atoms with Gasteiger partial charge in [0.15, 0.2) is 12.2 Å². The largest absolute Gasteiger partial charge is 0.472 e. The molecule has 0 aliphatic rings. The van der Waals surface area contributed by atoms with Gasteiger partial charge in [-0.2, -0.15) is 0 Å². The minimum Gasteiger partial charge on any atom is -0.462 e.